The fraction of sp³-hybridized carbons (Fsp3) is 0.167. The van der Waals surface area contributed by atoms with Gasteiger partial charge in [-0.15, -0.1) is 0 Å². The van der Waals surface area contributed by atoms with Crippen LogP contribution >= 0.6 is 11.6 Å². The van der Waals surface area contributed by atoms with Crippen LogP contribution in [0, 0.1) is 0 Å². The van der Waals surface area contributed by atoms with Gasteiger partial charge >= 0.3 is 0 Å². The summed E-state index contributed by atoms with van der Waals surface area (Å²) >= 11 is 5.83. The van der Waals surface area contributed by atoms with Crippen molar-refractivity contribution in [3.63, 3.8) is 0 Å². The molecule has 0 unspecified atom stereocenters. The van der Waals surface area contributed by atoms with Gasteiger partial charge in [-0.1, -0.05) is 48.0 Å². The first-order chi connectivity index (χ1) is 12.0. The van der Waals surface area contributed by atoms with Crippen molar-refractivity contribution < 1.29 is 14.4 Å². The Morgan fingerprint density at radius 3 is 2.36 bits per heavy atom. The fourth-order valence-corrected chi connectivity index (χ4v) is 2.44. The quantitative estimate of drug-likeness (QED) is 0.716. The van der Waals surface area contributed by atoms with Crippen molar-refractivity contribution in [2.24, 2.45) is 0 Å². The van der Waals surface area contributed by atoms with Gasteiger partial charge in [-0.3, -0.25) is 25.2 Å². The summed E-state index contributed by atoms with van der Waals surface area (Å²) < 4.78 is 0. The van der Waals surface area contributed by atoms with Crippen LogP contribution in [0.25, 0.3) is 0 Å². The highest BCUT2D eigenvalue weighted by Crippen LogP contribution is 2.16. The Bertz CT molecular complexity index is 765. The SMILES string of the molecule is CC(=O)N[C@H](CC(=O)NNC(=O)c1cccc(Cl)c1)c1ccccc1. The molecule has 0 spiro atoms. The first-order valence-electron chi connectivity index (χ1n) is 7.62. The summed E-state index contributed by atoms with van der Waals surface area (Å²) in [5.41, 5.74) is 5.80. The van der Waals surface area contributed by atoms with E-state index in [1.807, 2.05) is 30.3 Å². The second-order valence-corrected chi connectivity index (χ2v) is 5.82. The smallest absolute Gasteiger partial charge is 0.269 e. The van der Waals surface area contributed by atoms with E-state index in [0.29, 0.717) is 10.6 Å². The molecule has 130 valence electrons. The minimum Gasteiger partial charge on any atom is -0.349 e. The number of amides is 3. The van der Waals surface area contributed by atoms with Gasteiger partial charge in [0, 0.05) is 17.5 Å². The third-order valence-corrected chi connectivity index (χ3v) is 3.61. The van der Waals surface area contributed by atoms with Gasteiger partial charge in [0.15, 0.2) is 0 Å². The number of hydrogen-bond donors (Lipinski definition) is 3. The minimum atomic E-state index is -0.484. The summed E-state index contributed by atoms with van der Waals surface area (Å²) in [5, 5.41) is 3.15. The van der Waals surface area contributed by atoms with Crippen molar-refractivity contribution in [1.29, 1.82) is 0 Å². The molecule has 1 atom stereocenters. The highest BCUT2D eigenvalue weighted by atomic mass is 35.5. The van der Waals surface area contributed by atoms with Crippen LogP contribution in [-0.4, -0.2) is 17.7 Å². The van der Waals surface area contributed by atoms with Crippen molar-refractivity contribution in [3.05, 3.63) is 70.7 Å². The third-order valence-electron chi connectivity index (χ3n) is 3.37. The molecule has 2 aromatic rings. The molecule has 2 aromatic carbocycles. The summed E-state index contributed by atoms with van der Waals surface area (Å²) in [6, 6.07) is 15.0. The maximum absolute atomic E-state index is 12.1. The van der Waals surface area contributed by atoms with Crippen LogP contribution in [0.2, 0.25) is 5.02 Å². The van der Waals surface area contributed by atoms with E-state index in [4.69, 9.17) is 11.6 Å². The summed E-state index contributed by atoms with van der Waals surface area (Å²) in [4.78, 5) is 35.5. The Hall–Kier alpha value is -2.86. The monoisotopic (exact) mass is 359 g/mol. The van der Waals surface area contributed by atoms with E-state index in [2.05, 4.69) is 16.2 Å². The first-order valence-corrected chi connectivity index (χ1v) is 8.00. The molecular weight excluding hydrogens is 342 g/mol. The number of benzene rings is 2. The molecule has 0 fully saturated rings. The molecule has 0 saturated heterocycles. The van der Waals surface area contributed by atoms with Crippen molar-refractivity contribution in [3.8, 4) is 0 Å². The van der Waals surface area contributed by atoms with E-state index >= 15 is 0 Å². The molecule has 0 aliphatic heterocycles. The van der Waals surface area contributed by atoms with E-state index in [9.17, 15) is 14.4 Å². The molecule has 0 saturated carbocycles. The molecule has 0 aromatic heterocycles. The molecule has 3 amide bonds. The molecule has 6 nitrogen and oxygen atoms in total. The maximum Gasteiger partial charge on any atom is 0.269 e. The Morgan fingerprint density at radius 1 is 1.00 bits per heavy atom. The number of hydrazine groups is 1. The van der Waals surface area contributed by atoms with Crippen molar-refractivity contribution in [2.45, 2.75) is 19.4 Å². The minimum absolute atomic E-state index is 0.0145. The molecule has 0 aliphatic carbocycles. The molecule has 0 radical (unpaired) electrons. The summed E-state index contributed by atoms with van der Waals surface area (Å²) in [6.45, 7) is 1.38. The number of rotatable bonds is 5. The Morgan fingerprint density at radius 2 is 1.72 bits per heavy atom. The number of hydrogen-bond acceptors (Lipinski definition) is 3. The van der Waals surface area contributed by atoms with E-state index < -0.39 is 17.9 Å². The van der Waals surface area contributed by atoms with Crippen molar-refractivity contribution >= 4 is 29.3 Å². The van der Waals surface area contributed by atoms with E-state index in [1.165, 1.54) is 13.0 Å². The van der Waals surface area contributed by atoms with Gasteiger partial charge in [-0.2, -0.15) is 0 Å². The molecule has 2 rings (SSSR count). The Kier molecular flexibility index (Phi) is 6.54. The third kappa shape index (κ3) is 5.93. The largest absolute Gasteiger partial charge is 0.349 e. The molecule has 3 N–H and O–H groups in total. The molecule has 7 heteroatoms. The zero-order chi connectivity index (χ0) is 18.2. The average molecular weight is 360 g/mol. The van der Waals surface area contributed by atoms with Crippen LogP contribution in [0.5, 0.6) is 0 Å². The van der Waals surface area contributed by atoms with Gasteiger partial charge in [0.25, 0.3) is 5.91 Å². The second-order valence-electron chi connectivity index (χ2n) is 5.38. The topological polar surface area (TPSA) is 87.3 Å². The highest BCUT2D eigenvalue weighted by Gasteiger charge is 2.17. The first kappa shape index (κ1) is 18.5. The van der Waals surface area contributed by atoms with Crippen LogP contribution in [0.1, 0.15) is 35.3 Å². The van der Waals surface area contributed by atoms with Gasteiger partial charge in [-0.05, 0) is 23.8 Å². The molecular formula is C18H18ClN3O3. The summed E-state index contributed by atoms with van der Waals surface area (Å²) in [5.74, 6) is -1.16. The van der Waals surface area contributed by atoms with Gasteiger partial charge in [0.1, 0.15) is 0 Å². The van der Waals surface area contributed by atoms with E-state index in [-0.39, 0.29) is 12.3 Å². The van der Waals surface area contributed by atoms with Crippen LogP contribution in [0.15, 0.2) is 54.6 Å². The predicted molar refractivity (Wildman–Crippen MR) is 94.7 cm³/mol. The van der Waals surface area contributed by atoms with Crippen molar-refractivity contribution in [2.75, 3.05) is 0 Å². The zero-order valence-corrected chi connectivity index (χ0v) is 14.3. The summed E-state index contributed by atoms with van der Waals surface area (Å²) in [6.07, 6.45) is -0.0145. The van der Waals surface area contributed by atoms with Crippen LogP contribution in [0.4, 0.5) is 0 Å². The van der Waals surface area contributed by atoms with Gasteiger partial charge in [0.05, 0.1) is 12.5 Å². The van der Waals surface area contributed by atoms with Crippen LogP contribution < -0.4 is 16.2 Å². The highest BCUT2D eigenvalue weighted by molar-refractivity contribution is 6.30. The molecule has 25 heavy (non-hydrogen) atoms. The molecule has 0 aliphatic rings. The van der Waals surface area contributed by atoms with E-state index in [0.717, 1.165) is 5.56 Å². The average Bonchev–Trinajstić information content (AvgIpc) is 2.59. The molecule has 0 heterocycles. The number of carbonyl (C=O) groups excluding carboxylic acids is 3. The second kappa shape index (κ2) is 8.84. The van der Waals surface area contributed by atoms with E-state index in [1.54, 1.807) is 18.2 Å². The van der Waals surface area contributed by atoms with Gasteiger partial charge in [-0.25, -0.2) is 0 Å². The van der Waals surface area contributed by atoms with Gasteiger partial charge in [0.2, 0.25) is 11.8 Å². The van der Waals surface area contributed by atoms with Crippen molar-refractivity contribution in [1.82, 2.24) is 16.2 Å². The number of halogens is 1. The lowest BCUT2D eigenvalue weighted by Gasteiger charge is -2.18. The van der Waals surface area contributed by atoms with Gasteiger partial charge < -0.3 is 5.32 Å². The lowest BCUT2D eigenvalue weighted by molar-refractivity contribution is -0.123. The maximum atomic E-state index is 12.1. The number of nitrogens with one attached hydrogen (secondary N) is 3. The lowest BCUT2D eigenvalue weighted by atomic mass is 10.0. The van der Waals surface area contributed by atoms with Crippen LogP contribution in [0.3, 0.4) is 0 Å². The van der Waals surface area contributed by atoms with Crippen LogP contribution in [-0.2, 0) is 9.59 Å². The Labute approximate surface area is 150 Å². The fourth-order valence-electron chi connectivity index (χ4n) is 2.25. The standard InChI is InChI=1S/C18H18ClN3O3/c1-12(23)20-16(13-6-3-2-4-7-13)11-17(24)21-22-18(25)14-8-5-9-15(19)10-14/h2-10,16H,11H2,1H3,(H,20,23)(H,21,24)(H,22,25)/t16-/m1/s1. The lowest BCUT2D eigenvalue weighted by Crippen LogP contribution is -2.43. The normalized spacial score (nSPS) is 11.3. The molecule has 0 bridgehead atoms. The Balaban J connectivity index is 1.94. The zero-order valence-electron chi connectivity index (χ0n) is 13.6. The predicted octanol–water partition coefficient (Wildman–Crippen LogP) is 2.37. The number of carbonyl (C=O) groups is 3. The summed E-state index contributed by atoms with van der Waals surface area (Å²) in [7, 11) is 0.